The summed E-state index contributed by atoms with van der Waals surface area (Å²) < 4.78 is 115. The van der Waals surface area contributed by atoms with Gasteiger partial charge in [-0.3, -0.25) is 0 Å². The topological polar surface area (TPSA) is 35.5 Å². The van der Waals surface area contributed by atoms with Gasteiger partial charge in [0, 0.05) is 6.08 Å². The second-order valence-corrected chi connectivity index (χ2v) is 3.14. The van der Waals surface area contributed by atoms with Gasteiger partial charge in [0.2, 0.25) is 0 Å². The zero-order valence-electron chi connectivity index (χ0n) is 9.12. The molecular weight excluding hydrogens is 315 g/mol. The molecule has 0 atom stereocenters. The number of ether oxygens (including phenoxy) is 2. The highest BCUT2D eigenvalue weighted by Gasteiger charge is 2.76. The first-order valence-electron chi connectivity index (χ1n) is 4.36. The lowest BCUT2D eigenvalue weighted by molar-refractivity contribution is -0.474. The maximum atomic E-state index is 12.6. The summed E-state index contributed by atoms with van der Waals surface area (Å²) in [5.41, 5.74) is 0. The van der Waals surface area contributed by atoms with Crippen molar-refractivity contribution in [2.75, 3.05) is 6.61 Å². The third-order valence-corrected chi connectivity index (χ3v) is 1.55. The van der Waals surface area contributed by atoms with Crippen molar-refractivity contribution < 1.29 is 53.8 Å². The minimum atomic E-state index is -6.87. The highest BCUT2D eigenvalue weighted by atomic mass is 19.4. The monoisotopic (exact) mass is 320 g/mol. The van der Waals surface area contributed by atoms with E-state index in [1.54, 1.807) is 0 Å². The molecule has 0 N–H and O–H groups in total. The number of carbonyl (C=O) groups is 1. The minimum absolute atomic E-state index is 0.318. The molecule has 0 aromatic rings. The van der Waals surface area contributed by atoms with Crippen molar-refractivity contribution in [3.63, 3.8) is 0 Å². The fourth-order valence-electron chi connectivity index (χ4n) is 0.660. The van der Waals surface area contributed by atoms with Crippen molar-refractivity contribution >= 4 is 5.97 Å². The number of alkyl halides is 9. The minimum Gasteiger partial charge on any atom is -0.453 e. The molecule has 12 heteroatoms. The van der Waals surface area contributed by atoms with Crippen LogP contribution in [0.3, 0.4) is 0 Å². The van der Waals surface area contributed by atoms with E-state index >= 15 is 0 Å². The number of rotatable bonds is 6. The number of esters is 1. The van der Waals surface area contributed by atoms with Gasteiger partial charge < -0.3 is 4.74 Å². The van der Waals surface area contributed by atoms with Crippen LogP contribution in [-0.2, 0) is 14.3 Å². The lowest BCUT2D eigenvalue weighted by atomic mass is 10.3. The number of halogens is 9. The molecule has 0 radical (unpaired) electrons. The molecule has 0 aliphatic heterocycles. The van der Waals surface area contributed by atoms with Gasteiger partial charge in [0.05, 0.1) is 0 Å². The summed E-state index contributed by atoms with van der Waals surface area (Å²) in [5, 5.41) is 0. The molecule has 0 aromatic carbocycles. The molecule has 20 heavy (non-hydrogen) atoms. The molecule has 0 amide bonds. The summed E-state index contributed by atoms with van der Waals surface area (Å²) in [4.78, 5) is 10.3. The van der Waals surface area contributed by atoms with Crippen LogP contribution in [0.1, 0.15) is 0 Å². The molecule has 0 saturated carbocycles. The zero-order valence-corrected chi connectivity index (χ0v) is 9.12. The van der Waals surface area contributed by atoms with E-state index in [0.29, 0.717) is 6.08 Å². The fourth-order valence-corrected chi connectivity index (χ4v) is 0.660. The van der Waals surface area contributed by atoms with Gasteiger partial charge in [0.25, 0.3) is 0 Å². The lowest BCUT2D eigenvalue weighted by Gasteiger charge is -2.30. The summed E-state index contributed by atoms with van der Waals surface area (Å²) in [6, 6.07) is 0. The van der Waals surface area contributed by atoms with Crippen molar-refractivity contribution in [1.82, 2.24) is 0 Å². The van der Waals surface area contributed by atoms with E-state index in [-0.39, 0.29) is 0 Å². The Bertz CT molecular complexity index is 374. The van der Waals surface area contributed by atoms with Crippen LogP contribution in [0.5, 0.6) is 0 Å². The molecule has 0 unspecified atom stereocenters. The molecule has 0 bridgehead atoms. The van der Waals surface area contributed by atoms with Gasteiger partial charge in [-0.05, 0) is 0 Å². The Hall–Kier alpha value is -1.46. The van der Waals surface area contributed by atoms with E-state index in [1.807, 2.05) is 0 Å². The first-order valence-corrected chi connectivity index (χ1v) is 4.36. The third kappa shape index (κ3) is 4.28. The molecular formula is C8H5F9O3. The van der Waals surface area contributed by atoms with Crippen molar-refractivity contribution in [2.24, 2.45) is 0 Å². The SMILES string of the molecule is C=CC(=O)OCC(F)(F)OC(F)(F)C(F)(F)C(F)(F)F. The average Bonchev–Trinajstić information content (AvgIpc) is 2.22. The first kappa shape index (κ1) is 18.5. The standard InChI is InChI=1S/C8H5F9O3/c1-2-4(18)19-3-5(9,10)20-8(16,17)6(11,12)7(13,14)15/h2H,1,3H2. The molecule has 0 aliphatic carbocycles. The predicted octanol–water partition coefficient (Wildman–Crippen LogP) is 3.12. The zero-order chi connectivity index (χ0) is 16.4. The van der Waals surface area contributed by atoms with Crippen LogP contribution in [0.25, 0.3) is 0 Å². The van der Waals surface area contributed by atoms with Gasteiger partial charge in [-0.15, -0.1) is 0 Å². The molecule has 0 aliphatic rings. The molecule has 118 valence electrons. The normalized spacial score (nSPS) is 14.1. The largest absolute Gasteiger partial charge is 0.462 e. The quantitative estimate of drug-likeness (QED) is 0.428. The second-order valence-electron chi connectivity index (χ2n) is 3.14. The van der Waals surface area contributed by atoms with E-state index in [2.05, 4.69) is 16.1 Å². The van der Waals surface area contributed by atoms with Crippen molar-refractivity contribution in [3.05, 3.63) is 12.7 Å². The molecule has 0 spiro atoms. The second kappa shape index (κ2) is 5.50. The molecule has 3 nitrogen and oxygen atoms in total. The van der Waals surface area contributed by atoms with E-state index < -0.39 is 36.9 Å². The predicted molar refractivity (Wildman–Crippen MR) is 43.1 cm³/mol. The van der Waals surface area contributed by atoms with Crippen molar-refractivity contribution in [1.29, 1.82) is 0 Å². The number of hydrogen-bond acceptors (Lipinski definition) is 3. The summed E-state index contributed by atoms with van der Waals surface area (Å²) >= 11 is 0. The summed E-state index contributed by atoms with van der Waals surface area (Å²) in [6.07, 6.45) is -18.4. The molecule has 0 rings (SSSR count). The number of hydrogen-bond donors (Lipinski definition) is 0. The Kier molecular flexibility index (Phi) is 5.10. The number of carbonyl (C=O) groups excluding carboxylic acids is 1. The summed E-state index contributed by atoms with van der Waals surface area (Å²) in [5.74, 6) is -8.43. The Labute approximate surface area is 104 Å². The van der Waals surface area contributed by atoms with Crippen LogP contribution in [-0.4, -0.2) is 36.9 Å². The molecule has 0 saturated heterocycles. The Morgan fingerprint density at radius 2 is 1.45 bits per heavy atom. The van der Waals surface area contributed by atoms with E-state index in [9.17, 15) is 44.3 Å². The van der Waals surface area contributed by atoms with E-state index in [4.69, 9.17) is 0 Å². The van der Waals surface area contributed by atoms with Crippen molar-refractivity contribution in [2.45, 2.75) is 24.3 Å². The smallest absolute Gasteiger partial charge is 0.453 e. The van der Waals surface area contributed by atoms with Crippen LogP contribution in [0.4, 0.5) is 39.5 Å². The Morgan fingerprint density at radius 3 is 1.80 bits per heavy atom. The molecule has 0 fully saturated rings. The average molecular weight is 320 g/mol. The highest BCUT2D eigenvalue weighted by molar-refractivity contribution is 5.81. The summed E-state index contributed by atoms with van der Waals surface area (Å²) in [6.45, 7) is 0.426. The van der Waals surface area contributed by atoms with Crippen LogP contribution in [0, 0.1) is 0 Å². The van der Waals surface area contributed by atoms with Crippen LogP contribution in [0.2, 0.25) is 0 Å². The summed E-state index contributed by atoms with van der Waals surface area (Å²) in [7, 11) is 0. The van der Waals surface area contributed by atoms with Gasteiger partial charge >= 0.3 is 30.3 Å². The Morgan fingerprint density at radius 1 is 1.00 bits per heavy atom. The Balaban J connectivity index is 4.98. The van der Waals surface area contributed by atoms with Crippen LogP contribution < -0.4 is 0 Å². The van der Waals surface area contributed by atoms with E-state index in [0.717, 1.165) is 0 Å². The van der Waals surface area contributed by atoms with Gasteiger partial charge in [-0.2, -0.15) is 39.5 Å². The van der Waals surface area contributed by atoms with Gasteiger partial charge in [0.15, 0.2) is 6.61 Å². The molecule has 0 aromatic heterocycles. The van der Waals surface area contributed by atoms with E-state index in [1.165, 1.54) is 0 Å². The van der Waals surface area contributed by atoms with Gasteiger partial charge in [-0.25, -0.2) is 9.53 Å². The highest BCUT2D eigenvalue weighted by Crippen LogP contribution is 2.48. The third-order valence-electron chi connectivity index (χ3n) is 1.55. The van der Waals surface area contributed by atoms with Gasteiger partial charge in [-0.1, -0.05) is 6.58 Å². The van der Waals surface area contributed by atoms with Crippen LogP contribution in [0.15, 0.2) is 12.7 Å². The maximum Gasteiger partial charge on any atom is 0.462 e. The maximum absolute atomic E-state index is 12.6. The van der Waals surface area contributed by atoms with Crippen LogP contribution >= 0.6 is 0 Å². The molecule has 0 heterocycles. The lowest BCUT2D eigenvalue weighted by Crippen LogP contribution is -2.56. The van der Waals surface area contributed by atoms with Gasteiger partial charge in [0.1, 0.15) is 0 Å². The van der Waals surface area contributed by atoms with Crippen molar-refractivity contribution in [3.8, 4) is 0 Å². The fraction of sp³-hybridized carbons (Fsp3) is 0.625. The first-order chi connectivity index (χ1) is 8.66.